The second-order valence-corrected chi connectivity index (χ2v) is 7.93. The smallest absolute Gasteiger partial charge is 0.265 e. The van der Waals surface area contributed by atoms with Crippen LogP contribution >= 0.6 is 0 Å². The van der Waals surface area contributed by atoms with E-state index in [1.165, 1.54) is 0 Å². The molecule has 4 aliphatic heterocycles. The Hall–Kier alpha value is -2.88. The molecule has 1 aromatic rings. The molecular formula is C19H18F2N4O4. The number of nitrogens with zero attached hydrogens (tertiary/aromatic N) is 2. The third kappa shape index (κ3) is 2.65. The van der Waals surface area contributed by atoms with Gasteiger partial charge in [-0.1, -0.05) is 0 Å². The molecule has 10 heteroatoms. The highest BCUT2D eigenvalue weighted by atomic mass is 19.2. The molecule has 2 N–H and O–H groups in total. The largest absolute Gasteiger partial charge is 0.368 e. The first-order valence-electron chi connectivity index (χ1n) is 9.59. The van der Waals surface area contributed by atoms with Crippen molar-refractivity contribution in [2.45, 2.75) is 43.8 Å². The number of anilines is 1. The van der Waals surface area contributed by atoms with Gasteiger partial charge in [0.2, 0.25) is 11.8 Å². The lowest BCUT2D eigenvalue weighted by atomic mass is 10.0. The molecule has 1 unspecified atom stereocenters. The average molecular weight is 404 g/mol. The molecular weight excluding hydrogens is 386 g/mol. The van der Waals surface area contributed by atoms with Crippen LogP contribution in [0.4, 0.5) is 14.5 Å². The minimum atomic E-state index is -1.39. The molecule has 0 aromatic heterocycles. The topological polar surface area (TPSA) is 98.8 Å². The summed E-state index contributed by atoms with van der Waals surface area (Å²) in [7, 11) is 0. The van der Waals surface area contributed by atoms with Gasteiger partial charge in [-0.3, -0.25) is 29.4 Å². The fourth-order valence-electron chi connectivity index (χ4n) is 4.82. The average Bonchev–Trinajstić information content (AvgIpc) is 3.14. The normalized spacial score (nSPS) is 28.8. The van der Waals surface area contributed by atoms with Gasteiger partial charge in [0.05, 0.1) is 16.8 Å². The third-order valence-corrected chi connectivity index (χ3v) is 6.14. The van der Waals surface area contributed by atoms with Gasteiger partial charge in [0, 0.05) is 37.7 Å². The second-order valence-electron chi connectivity index (χ2n) is 7.93. The summed E-state index contributed by atoms with van der Waals surface area (Å²) in [6.45, 7) is 1.02. The molecule has 29 heavy (non-hydrogen) atoms. The van der Waals surface area contributed by atoms with Gasteiger partial charge >= 0.3 is 0 Å². The van der Waals surface area contributed by atoms with Gasteiger partial charge in [-0.25, -0.2) is 8.78 Å². The number of benzene rings is 1. The van der Waals surface area contributed by atoms with E-state index in [0.29, 0.717) is 18.0 Å². The van der Waals surface area contributed by atoms with Crippen LogP contribution in [0.5, 0.6) is 0 Å². The van der Waals surface area contributed by atoms with Gasteiger partial charge in [-0.05, 0) is 19.3 Å². The van der Waals surface area contributed by atoms with Crippen molar-refractivity contribution in [1.29, 1.82) is 0 Å². The molecule has 3 saturated heterocycles. The SMILES string of the molecule is O=C1CCC(N2C(=O)c3c(N4C[C@H]5CC[C@@H](C4)N5)cc(F)c(F)c3C2=O)C(=O)N1. The first-order valence-corrected chi connectivity index (χ1v) is 9.59. The van der Waals surface area contributed by atoms with Crippen LogP contribution in [0.3, 0.4) is 0 Å². The van der Waals surface area contributed by atoms with Gasteiger partial charge < -0.3 is 10.2 Å². The molecule has 2 bridgehead atoms. The first-order chi connectivity index (χ1) is 13.8. The van der Waals surface area contributed by atoms with Crippen LogP contribution in [-0.2, 0) is 9.59 Å². The Labute approximate surface area is 164 Å². The lowest BCUT2D eigenvalue weighted by Gasteiger charge is -2.35. The van der Waals surface area contributed by atoms with Crippen LogP contribution in [0, 0.1) is 11.6 Å². The van der Waals surface area contributed by atoms with Gasteiger partial charge in [-0.2, -0.15) is 0 Å². The van der Waals surface area contributed by atoms with E-state index in [4.69, 9.17) is 0 Å². The maximum absolute atomic E-state index is 14.6. The number of amides is 4. The molecule has 0 saturated carbocycles. The Kier molecular flexibility index (Phi) is 3.95. The molecule has 5 rings (SSSR count). The predicted molar refractivity (Wildman–Crippen MR) is 95.2 cm³/mol. The Morgan fingerprint density at radius 2 is 1.59 bits per heavy atom. The summed E-state index contributed by atoms with van der Waals surface area (Å²) in [5, 5.41) is 5.51. The zero-order valence-corrected chi connectivity index (χ0v) is 15.3. The van der Waals surface area contributed by atoms with E-state index in [2.05, 4.69) is 10.6 Å². The number of piperidine rings is 1. The number of fused-ring (bicyclic) bond motifs is 3. The van der Waals surface area contributed by atoms with Gasteiger partial charge in [0.15, 0.2) is 11.6 Å². The summed E-state index contributed by atoms with van der Waals surface area (Å²) >= 11 is 0. The van der Waals surface area contributed by atoms with Crippen molar-refractivity contribution < 1.29 is 28.0 Å². The number of hydrogen-bond acceptors (Lipinski definition) is 6. The highest BCUT2D eigenvalue weighted by Crippen LogP contribution is 2.38. The zero-order chi connectivity index (χ0) is 20.4. The van der Waals surface area contributed by atoms with Crippen molar-refractivity contribution in [2.24, 2.45) is 0 Å². The predicted octanol–water partition coefficient (Wildman–Crippen LogP) is 0.307. The minimum Gasteiger partial charge on any atom is -0.368 e. The zero-order valence-electron chi connectivity index (χ0n) is 15.3. The number of hydrogen-bond donors (Lipinski definition) is 2. The maximum atomic E-state index is 14.6. The fourth-order valence-corrected chi connectivity index (χ4v) is 4.82. The number of carbonyl (C=O) groups excluding carboxylic acids is 4. The van der Waals surface area contributed by atoms with Gasteiger partial charge in [-0.15, -0.1) is 0 Å². The Morgan fingerprint density at radius 3 is 2.24 bits per heavy atom. The number of nitrogens with one attached hydrogen (secondary N) is 2. The van der Waals surface area contributed by atoms with E-state index in [1.807, 2.05) is 0 Å². The van der Waals surface area contributed by atoms with E-state index < -0.39 is 46.9 Å². The number of imide groups is 2. The summed E-state index contributed by atoms with van der Waals surface area (Å²) in [6, 6.07) is 0.0828. The van der Waals surface area contributed by atoms with Crippen molar-refractivity contribution in [1.82, 2.24) is 15.5 Å². The van der Waals surface area contributed by atoms with E-state index in [9.17, 15) is 28.0 Å². The standard InChI is InChI=1S/C19H18F2N4O4/c20-10-5-12(24-6-8-1-2-9(7-24)22-8)14-15(16(10)21)19(29)25(18(14)28)11-3-4-13(26)23-17(11)27/h5,8-9,11,22H,1-4,6-7H2,(H,23,26,27)/t8-,9+,11?. The van der Waals surface area contributed by atoms with E-state index in [0.717, 1.165) is 18.9 Å². The summed E-state index contributed by atoms with van der Waals surface area (Å²) in [5.74, 6) is -5.78. The summed E-state index contributed by atoms with van der Waals surface area (Å²) in [6.07, 6.45) is 1.80. The number of rotatable bonds is 2. The second kappa shape index (κ2) is 6.31. The molecule has 4 heterocycles. The molecule has 3 fully saturated rings. The molecule has 0 aliphatic carbocycles. The molecule has 8 nitrogen and oxygen atoms in total. The van der Waals surface area contributed by atoms with Crippen LogP contribution in [0.1, 0.15) is 46.4 Å². The Bertz CT molecular complexity index is 969. The quantitative estimate of drug-likeness (QED) is 0.689. The number of carbonyl (C=O) groups is 4. The molecule has 152 valence electrons. The van der Waals surface area contributed by atoms with Crippen LogP contribution < -0.4 is 15.5 Å². The molecule has 0 spiro atoms. The lowest BCUT2D eigenvalue weighted by molar-refractivity contribution is -0.136. The first kappa shape index (κ1) is 18.2. The fraction of sp³-hybridized carbons (Fsp3) is 0.474. The molecule has 4 aliphatic rings. The Morgan fingerprint density at radius 1 is 0.931 bits per heavy atom. The van der Waals surface area contributed by atoms with Crippen LogP contribution in [-0.4, -0.2) is 59.7 Å². The van der Waals surface area contributed by atoms with E-state index in [-0.39, 0.29) is 36.2 Å². The van der Waals surface area contributed by atoms with Crippen LogP contribution in [0.15, 0.2) is 6.07 Å². The van der Waals surface area contributed by atoms with Crippen LogP contribution in [0.25, 0.3) is 0 Å². The highest BCUT2D eigenvalue weighted by molar-refractivity contribution is 6.25. The van der Waals surface area contributed by atoms with Crippen LogP contribution in [0.2, 0.25) is 0 Å². The number of piperazine rings is 1. The van der Waals surface area contributed by atoms with Gasteiger partial charge in [0.1, 0.15) is 6.04 Å². The maximum Gasteiger partial charge on any atom is 0.265 e. The van der Waals surface area contributed by atoms with E-state index in [1.54, 1.807) is 4.90 Å². The highest BCUT2D eigenvalue weighted by Gasteiger charge is 2.49. The van der Waals surface area contributed by atoms with Crippen molar-refractivity contribution in [3.05, 3.63) is 28.8 Å². The van der Waals surface area contributed by atoms with Crippen molar-refractivity contribution in [3.63, 3.8) is 0 Å². The summed E-state index contributed by atoms with van der Waals surface area (Å²) in [5.41, 5.74) is -0.675. The summed E-state index contributed by atoms with van der Waals surface area (Å²) in [4.78, 5) is 52.1. The molecule has 1 aromatic carbocycles. The van der Waals surface area contributed by atoms with Crippen molar-refractivity contribution in [2.75, 3.05) is 18.0 Å². The minimum absolute atomic E-state index is 0.0470. The van der Waals surface area contributed by atoms with Crippen molar-refractivity contribution >= 4 is 29.3 Å². The summed E-state index contributed by atoms with van der Waals surface area (Å²) < 4.78 is 29.0. The van der Waals surface area contributed by atoms with Gasteiger partial charge in [0.25, 0.3) is 11.8 Å². The lowest BCUT2D eigenvalue weighted by Crippen LogP contribution is -2.54. The Balaban J connectivity index is 1.57. The molecule has 4 amide bonds. The third-order valence-electron chi connectivity index (χ3n) is 6.14. The molecule has 0 radical (unpaired) electrons. The van der Waals surface area contributed by atoms with E-state index >= 15 is 0 Å². The number of halogens is 2. The monoisotopic (exact) mass is 404 g/mol. The molecule has 3 atom stereocenters. The van der Waals surface area contributed by atoms with Crippen molar-refractivity contribution in [3.8, 4) is 0 Å².